The number of benzene rings is 2. The van der Waals surface area contributed by atoms with Crippen LogP contribution in [0.15, 0.2) is 59.5 Å². The lowest BCUT2D eigenvalue weighted by atomic mass is 10.1. The molecule has 2 aromatic rings. The fourth-order valence-electron chi connectivity index (χ4n) is 2.02. The number of hydrogen-bond donors (Lipinski definition) is 1. The van der Waals surface area contributed by atoms with E-state index in [-0.39, 0.29) is 17.3 Å². The molecule has 0 amide bonds. The van der Waals surface area contributed by atoms with E-state index in [0.717, 1.165) is 0 Å². The summed E-state index contributed by atoms with van der Waals surface area (Å²) in [4.78, 5) is 24.5. The number of rotatable bonds is 7. The first-order valence-corrected chi connectivity index (χ1v) is 8.93. The van der Waals surface area contributed by atoms with Gasteiger partial charge >= 0.3 is 5.97 Å². The number of nitrogens with two attached hydrogens (primary N) is 1. The van der Waals surface area contributed by atoms with E-state index in [0.29, 0.717) is 5.56 Å². The second kappa shape index (κ2) is 7.91. The number of primary sulfonamides is 1. The molecule has 0 aliphatic carbocycles. The molecule has 0 saturated carbocycles. The molecule has 1 unspecified atom stereocenters. The van der Waals surface area contributed by atoms with Gasteiger partial charge in [-0.3, -0.25) is 4.79 Å². The highest BCUT2D eigenvalue weighted by Crippen LogP contribution is 2.18. The second-order valence-electron chi connectivity index (χ2n) is 5.00. The van der Waals surface area contributed by atoms with E-state index < -0.39 is 27.9 Å². The zero-order valence-electron chi connectivity index (χ0n) is 13.4. The summed E-state index contributed by atoms with van der Waals surface area (Å²) < 4.78 is 32.9. The van der Waals surface area contributed by atoms with Crippen molar-refractivity contribution in [3.63, 3.8) is 0 Å². The van der Waals surface area contributed by atoms with Gasteiger partial charge in [-0.15, -0.1) is 0 Å². The zero-order valence-corrected chi connectivity index (χ0v) is 14.2. The monoisotopic (exact) mass is 363 g/mol. The summed E-state index contributed by atoms with van der Waals surface area (Å²) in [6, 6.07) is 13.2. The molecule has 1 atom stereocenters. The average Bonchev–Trinajstić information content (AvgIpc) is 2.59. The number of esters is 1. The van der Waals surface area contributed by atoms with Crippen LogP contribution in [0.1, 0.15) is 17.3 Å². The van der Waals surface area contributed by atoms with E-state index >= 15 is 0 Å². The fraction of sp³-hybridized carbons (Fsp3) is 0.176. The predicted octanol–water partition coefficient (Wildman–Crippen LogP) is 1.53. The number of ketones is 1. The number of hydrogen-bond acceptors (Lipinski definition) is 6. The lowest BCUT2D eigenvalue weighted by Crippen LogP contribution is -2.37. The highest BCUT2D eigenvalue weighted by molar-refractivity contribution is 7.89. The highest BCUT2D eigenvalue weighted by atomic mass is 32.2. The Labute approximate surface area is 145 Å². The van der Waals surface area contributed by atoms with Gasteiger partial charge in [0, 0.05) is 5.56 Å². The summed E-state index contributed by atoms with van der Waals surface area (Å²) in [6.45, 7) is 1.70. The summed E-state index contributed by atoms with van der Waals surface area (Å²) in [5.74, 6) is -1.25. The SMILES string of the molecule is CCOC(=O)C(Oc1ccc(S(N)(=O)=O)cc1)C(=O)c1ccccc1. The Hall–Kier alpha value is -2.71. The molecular formula is C17H17NO6S. The predicted molar refractivity (Wildman–Crippen MR) is 89.6 cm³/mol. The van der Waals surface area contributed by atoms with Crippen LogP contribution in [-0.4, -0.2) is 32.9 Å². The summed E-state index contributed by atoms with van der Waals surface area (Å²) in [5, 5.41) is 5.02. The van der Waals surface area contributed by atoms with E-state index in [4.69, 9.17) is 14.6 Å². The Kier molecular flexibility index (Phi) is 5.89. The largest absolute Gasteiger partial charge is 0.470 e. The van der Waals surface area contributed by atoms with Crippen LogP contribution in [0.5, 0.6) is 5.75 Å². The molecule has 0 fully saturated rings. The Morgan fingerprint density at radius 1 is 1.04 bits per heavy atom. The molecule has 0 spiro atoms. The van der Waals surface area contributed by atoms with Crippen molar-refractivity contribution in [3.8, 4) is 5.75 Å². The van der Waals surface area contributed by atoms with Crippen LogP contribution in [0.3, 0.4) is 0 Å². The normalized spacial score (nSPS) is 12.2. The molecule has 2 rings (SSSR count). The van der Waals surface area contributed by atoms with Crippen LogP contribution in [0.25, 0.3) is 0 Å². The quantitative estimate of drug-likeness (QED) is 0.453. The first-order chi connectivity index (χ1) is 11.8. The van der Waals surface area contributed by atoms with Gasteiger partial charge in [-0.05, 0) is 31.2 Å². The number of ether oxygens (including phenoxy) is 2. The maximum absolute atomic E-state index is 12.5. The minimum absolute atomic E-state index is 0.0884. The third kappa shape index (κ3) is 4.88. The number of carbonyl (C=O) groups excluding carboxylic acids is 2. The van der Waals surface area contributed by atoms with Crippen LogP contribution in [0.4, 0.5) is 0 Å². The van der Waals surface area contributed by atoms with Crippen LogP contribution in [0, 0.1) is 0 Å². The molecule has 0 aliphatic rings. The summed E-state index contributed by atoms with van der Waals surface area (Å²) in [6.07, 6.45) is -1.50. The van der Waals surface area contributed by atoms with Crippen LogP contribution in [0.2, 0.25) is 0 Å². The van der Waals surface area contributed by atoms with Gasteiger partial charge in [-0.25, -0.2) is 18.4 Å². The van der Waals surface area contributed by atoms with E-state index in [1.807, 2.05) is 0 Å². The van der Waals surface area contributed by atoms with Crippen molar-refractivity contribution in [2.45, 2.75) is 17.9 Å². The van der Waals surface area contributed by atoms with E-state index in [2.05, 4.69) is 0 Å². The Morgan fingerprint density at radius 3 is 2.16 bits per heavy atom. The van der Waals surface area contributed by atoms with Crippen molar-refractivity contribution in [1.29, 1.82) is 0 Å². The van der Waals surface area contributed by atoms with Gasteiger partial charge in [0.05, 0.1) is 11.5 Å². The maximum atomic E-state index is 12.5. The topological polar surface area (TPSA) is 113 Å². The molecule has 0 saturated heterocycles. The third-order valence-electron chi connectivity index (χ3n) is 3.20. The first kappa shape index (κ1) is 18.6. The lowest BCUT2D eigenvalue weighted by Gasteiger charge is -2.17. The molecule has 0 radical (unpaired) electrons. The minimum atomic E-state index is -3.85. The minimum Gasteiger partial charge on any atom is -0.470 e. The highest BCUT2D eigenvalue weighted by Gasteiger charge is 2.31. The number of Topliss-reactive ketones (excluding diaryl/α,β-unsaturated/α-hetero) is 1. The van der Waals surface area contributed by atoms with Gasteiger partial charge in [-0.1, -0.05) is 30.3 Å². The van der Waals surface area contributed by atoms with Crippen molar-refractivity contribution in [2.24, 2.45) is 5.14 Å². The van der Waals surface area contributed by atoms with Crippen LogP contribution >= 0.6 is 0 Å². The summed E-state index contributed by atoms with van der Waals surface area (Å²) in [7, 11) is -3.85. The van der Waals surface area contributed by atoms with Crippen molar-refractivity contribution in [3.05, 3.63) is 60.2 Å². The van der Waals surface area contributed by atoms with Crippen molar-refractivity contribution >= 4 is 21.8 Å². The third-order valence-corrected chi connectivity index (χ3v) is 4.13. The lowest BCUT2D eigenvalue weighted by molar-refractivity contribution is -0.149. The maximum Gasteiger partial charge on any atom is 0.355 e. The number of carbonyl (C=O) groups is 2. The number of sulfonamides is 1. The van der Waals surface area contributed by atoms with Crippen molar-refractivity contribution in [2.75, 3.05) is 6.61 Å². The van der Waals surface area contributed by atoms with Gasteiger partial charge in [0.1, 0.15) is 5.75 Å². The molecule has 2 N–H and O–H groups in total. The zero-order chi connectivity index (χ0) is 18.4. The molecule has 2 aromatic carbocycles. The van der Waals surface area contributed by atoms with E-state index in [1.54, 1.807) is 37.3 Å². The fourth-order valence-corrected chi connectivity index (χ4v) is 2.54. The average molecular weight is 363 g/mol. The molecule has 8 heteroatoms. The van der Waals surface area contributed by atoms with Crippen LogP contribution < -0.4 is 9.88 Å². The van der Waals surface area contributed by atoms with Crippen molar-refractivity contribution in [1.82, 2.24) is 0 Å². The molecular weight excluding hydrogens is 346 g/mol. The molecule has 0 aliphatic heterocycles. The Bertz CT molecular complexity index is 846. The Balaban J connectivity index is 2.27. The standard InChI is InChI=1S/C17H17NO6S/c1-2-23-17(20)16(15(19)12-6-4-3-5-7-12)24-13-8-10-14(11-9-13)25(18,21)22/h3-11,16H,2H2,1H3,(H2,18,21,22). The molecule has 0 heterocycles. The van der Waals surface area contributed by atoms with Gasteiger partial charge in [0.15, 0.2) is 0 Å². The molecule has 0 bridgehead atoms. The van der Waals surface area contributed by atoms with Gasteiger partial charge in [-0.2, -0.15) is 0 Å². The van der Waals surface area contributed by atoms with Crippen molar-refractivity contribution < 1.29 is 27.5 Å². The van der Waals surface area contributed by atoms with Gasteiger partial charge in [0.2, 0.25) is 15.8 Å². The van der Waals surface area contributed by atoms with E-state index in [9.17, 15) is 18.0 Å². The molecule has 0 aromatic heterocycles. The van der Waals surface area contributed by atoms with Crippen LogP contribution in [-0.2, 0) is 19.6 Å². The smallest absolute Gasteiger partial charge is 0.355 e. The Morgan fingerprint density at radius 2 is 1.64 bits per heavy atom. The molecule has 132 valence electrons. The summed E-state index contributed by atoms with van der Waals surface area (Å²) in [5.41, 5.74) is 0.293. The van der Waals surface area contributed by atoms with E-state index in [1.165, 1.54) is 24.3 Å². The molecule has 7 nitrogen and oxygen atoms in total. The summed E-state index contributed by atoms with van der Waals surface area (Å²) >= 11 is 0. The van der Waals surface area contributed by atoms with Gasteiger partial charge in [0.25, 0.3) is 6.10 Å². The van der Waals surface area contributed by atoms with Gasteiger partial charge < -0.3 is 9.47 Å². The second-order valence-corrected chi connectivity index (χ2v) is 6.56. The first-order valence-electron chi connectivity index (χ1n) is 7.38. The molecule has 25 heavy (non-hydrogen) atoms.